The van der Waals surface area contributed by atoms with Gasteiger partial charge < -0.3 is 15.5 Å². The van der Waals surface area contributed by atoms with Crippen LogP contribution in [0.5, 0.6) is 0 Å². The van der Waals surface area contributed by atoms with Crippen molar-refractivity contribution >= 4 is 17.6 Å². The van der Waals surface area contributed by atoms with Gasteiger partial charge in [-0.05, 0) is 50.8 Å². The molecule has 1 aliphatic rings. The third-order valence-corrected chi connectivity index (χ3v) is 4.46. The molecule has 5 nitrogen and oxygen atoms in total. The van der Waals surface area contributed by atoms with Crippen LogP contribution in [0.3, 0.4) is 0 Å². The van der Waals surface area contributed by atoms with Gasteiger partial charge in [0.05, 0.1) is 0 Å². The zero-order valence-electron chi connectivity index (χ0n) is 13.8. The van der Waals surface area contributed by atoms with Gasteiger partial charge in [-0.3, -0.25) is 4.79 Å². The Morgan fingerprint density at radius 2 is 2.05 bits per heavy atom. The van der Waals surface area contributed by atoms with E-state index >= 15 is 0 Å². The summed E-state index contributed by atoms with van der Waals surface area (Å²) in [5.41, 5.74) is 2.19. The summed E-state index contributed by atoms with van der Waals surface area (Å²) in [5.74, 6) is -0.156. The van der Waals surface area contributed by atoms with Crippen LogP contribution in [-0.4, -0.2) is 36.0 Å². The molecule has 120 valence electrons. The predicted octanol–water partition coefficient (Wildman–Crippen LogP) is 3.15. The first-order valence-electron chi connectivity index (χ1n) is 7.90. The summed E-state index contributed by atoms with van der Waals surface area (Å²) in [7, 11) is 1.60. The van der Waals surface area contributed by atoms with Gasteiger partial charge in [0.25, 0.3) is 5.91 Å². The number of hydrogen-bond donors (Lipinski definition) is 2. The van der Waals surface area contributed by atoms with Crippen molar-refractivity contribution in [1.82, 2.24) is 10.2 Å². The van der Waals surface area contributed by atoms with E-state index in [9.17, 15) is 9.59 Å². The number of rotatable bonds is 3. The molecule has 1 saturated heterocycles. The quantitative estimate of drug-likeness (QED) is 0.901. The molecule has 1 aromatic rings. The largest absolute Gasteiger partial charge is 0.355 e. The lowest BCUT2D eigenvalue weighted by atomic mass is 10.1. The smallest absolute Gasteiger partial charge is 0.322 e. The van der Waals surface area contributed by atoms with E-state index in [0.29, 0.717) is 17.3 Å². The van der Waals surface area contributed by atoms with Gasteiger partial charge in [0.1, 0.15) is 0 Å². The number of nitrogens with zero attached hydrogens (tertiary/aromatic N) is 1. The lowest BCUT2D eigenvalue weighted by Gasteiger charge is -2.28. The van der Waals surface area contributed by atoms with Crippen molar-refractivity contribution in [2.24, 2.45) is 0 Å². The highest BCUT2D eigenvalue weighted by molar-refractivity contribution is 5.97. The molecule has 0 unspecified atom stereocenters. The van der Waals surface area contributed by atoms with Gasteiger partial charge in [-0.15, -0.1) is 0 Å². The van der Waals surface area contributed by atoms with Crippen molar-refractivity contribution < 1.29 is 9.59 Å². The fourth-order valence-electron chi connectivity index (χ4n) is 3.06. The van der Waals surface area contributed by atoms with Crippen molar-refractivity contribution in [3.05, 3.63) is 29.3 Å². The van der Waals surface area contributed by atoms with Gasteiger partial charge >= 0.3 is 6.03 Å². The third kappa shape index (κ3) is 3.24. The van der Waals surface area contributed by atoms with Crippen molar-refractivity contribution in [2.75, 3.05) is 12.4 Å². The minimum atomic E-state index is -0.156. The maximum atomic E-state index is 12.6. The molecule has 1 heterocycles. The minimum absolute atomic E-state index is 0.0750. The molecular weight excluding hydrogens is 278 g/mol. The standard InChI is InChI=1S/C17H25N3O2/c1-5-14-9-7-12(3)20(14)17(22)19-15-10-13(16(21)18-4)8-6-11(15)2/h6,8,10,12,14H,5,7,9H2,1-4H3,(H,18,21)(H,19,22)/t12-,14-/m1/s1. The molecule has 2 atom stereocenters. The van der Waals surface area contributed by atoms with E-state index in [1.165, 1.54) is 0 Å². The molecule has 0 aliphatic carbocycles. The molecule has 22 heavy (non-hydrogen) atoms. The molecule has 5 heteroatoms. The number of carbonyl (C=O) groups excluding carboxylic acids is 2. The Balaban J connectivity index is 2.19. The first kappa shape index (κ1) is 16.3. The Hall–Kier alpha value is -2.04. The molecule has 0 spiro atoms. The molecule has 1 aromatic carbocycles. The Labute approximate surface area is 132 Å². The number of likely N-dealkylation sites (tertiary alicyclic amines) is 1. The van der Waals surface area contributed by atoms with E-state index in [4.69, 9.17) is 0 Å². The molecule has 0 aromatic heterocycles. The number of aryl methyl sites for hydroxylation is 1. The Bertz CT molecular complexity index is 571. The number of carbonyl (C=O) groups is 2. The van der Waals surface area contributed by atoms with Gasteiger partial charge in [0.2, 0.25) is 0 Å². The van der Waals surface area contributed by atoms with E-state index < -0.39 is 0 Å². The van der Waals surface area contributed by atoms with Gasteiger partial charge in [-0.25, -0.2) is 4.79 Å². The van der Waals surface area contributed by atoms with Gasteiger partial charge in [0.15, 0.2) is 0 Å². The predicted molar refractivity (Wildman–Crippen MR) is 88.2 cm³/mol. The van der Waals surface area contributed by atoms with Crippen LogP contribution in [0.4, 0.5) is 10.5 Å². The summed E-state index contributed by atoms with van der Waals surface area (Å²) in [4.78, 5) is 26.3. The number of anilines is 1. The molecule has 1 fully saturated rings. The van der Waals surface area contributed by atoms with Crippen LogP contribution in [0.2, 0.25) is 0 Å². The highest BCUT2D eigenvalue weighted by atomic mass is 16.2. The van der Waals surface area contributed by atoms with Gasteiger partial charge in [0, 0.05) is 30.4 Å². The maximum Gasteiger partial charge on any atom is 0.322 e. The Morgan fingerprint density at radius 3 is 2.68 bits per heavy atom. The number of hydrogen-bond acceptors (Lipinski definition) is 2. The Kier molecular flexibility index (Phi) is 5.06. The average Bonchev–Trinajstić information content (AvgIpc) is 2.89. The molecule has 2 rings (SSSR count). The number of nitrogens with one attached hydrogen (secondary N) is 2. The van der Waals surface area contributed by atoms with Gasteiger partial charge in [-0.1, -0.05) is 13.0 Å². The summed E-state index contributed by atoms with van der Waals surface area (Å²) in [6, 6.07) is 5.83. The van der Waals surface area contributed by atoms with Crippen molar-refractivity contribution in [3.8, 4) is 0 Å². The zero-order chi connectivity index (χ0) is 16.3. The van der Waals surface area contributed by atoms with Crippen molar-refractivity contribution in [2.45, 2.75) is 52.1 Å². The number of amides is 3. The van der Waals surface area contributed by atoms with E-state index in [-0.39, 0.29) is 18.0 Å². The highest BCUT2D eigenvalue weighted by Gasteiger charge is 2.33. The SMILES string of the molecule is CC[C@@H]1CC[C@@H](C)N1C(=O)Nc1cc(C(=O)NC)ccc1C. The highest BCUT2D eigenvalue weighted by Crippen LogP contribution is 2.27. The number of urea groups is 1. The van der Waals surface area contributed by atoms with Crippen LogP contribution in [0.15, 0.2) is 18.2 Å². The van der Waals surface area contributed by atoms with E-state index in [2.05, 4.69) is 24.5 Å². The normalized spacial score (nSPS) is 20.8. The molecule has 0 saturated carbocycles. The lowest BCUT2D eigenvalue weighted by Crippen LogP contribution is -2.42. The van der Waals surface area contributed by atoms with Crippen LogP contribution in [0.25, 0.3) is 0 Å². The molecule has 3 amide bonds. The van der Waals surface area contributed by atoms with Crippen LogP contribution in [-0.2, 0) is 0 Å². The first-order chi connectivity index (χ1) is 10.5. The van der Waals surface area contributed by atoms with Crippen LogP contribution >= 0.6 is 0 Å². The second-order valence-corrected chi connectivity index (χ2v) is 5.93. The molecular formula is C17H25N3O2. The van der Waals surface area contributed by atoms with Crippen molar-refractivity contribution in [3.63, 3.8) is 0 Å². The molecule has 1 aliphatic heterocycles. The zero-order valence-corrected chi connectivity index (χ0v) is 13.8. The fraction of sp³-hybridized carbons (Fsp3) is 0.529. The molecule has 0 radical (unpaired) electrons. The van der Waals surface area contributed by atoms with Crippen LogP contribution in [0.1, 0.15) is 49.0 Å². The van der Waals surface area contributed by atoms with Crippen molar-refractivity contribution in [1.29, 1.82) is 0 Å². The average molecular weight is 303 g/mol. The fourth-order valence-corrected chi connectivity index (χ4v) is 3.06. The second-order valence-electron chi connectivity index (χ2n) is 5.93. The van der Waals surface area contributed by atoms with E-state index in [1.807, 2.05) is 17.9 Å². The maximum absolute atomic E-state index is 12.6. The lowest BCUT2D eigenvalue weighted by molar-refractivity contribution is 0.0963. The second kappa shape index (κ2) is 6.81. The van der Waals surface area contributed by atoms with Gasteiger partial charge in [-0.2, -0.15) is 0 Å². The summed E-state index contributed by atoms with van der Waals surface area (Å²) in [6.45, 7) is 6.12. The monoisotopic (exact) mass is 303 g/mol. The summed E-state index contributed by atoms with van der Waals surface area (Å²) in [6.07, 6.45) is 3.07. The topological polar surface area (TPSA) is 61.4 Å². The Morgan fingerprint density at radius 1 is 1.32 bits per heavy atom. The summed E-state index contributed by atoms with van der Waals surface area (Å²) in [5, 5.41) is 5.57. The molecule has 0 bridgehead atoms. The first-order valence-corrected chi connectivity index (χ1v) is 7.90. The minimum Gasteiger partial charge on any atom is -0.355 e. The summed E-state index contributed by atoms with van der Waals surface area (Å²) >= 11 is 0. The summed E-state index contributed by atoms with van der Waals surface area (Å²) < 4.78 is 0. The number of benzene rings is 1. The third-order valence-electron chi connectivity index (χ3n) is 4.46. The van der Waals surface area contributed by atoms with E-state index in [1.54, 1.807) is 19.2 Å². The molecule has 2 N–H and O–H groups in total. The van der Waals surface area contributed by atoms with Crippen LogP contribution < -0.4 is 10.6 Å². The van der Waals surface area contributed by atoms with Crippen LogP contribution in [0, 0.1) is 6.92 Å². The van der Waals surface area contributed by atoms with E-state index in [0.717, 1.165) is 24.8 Å².